The molecule has 0 aromatic heterocycles. The largest absolute Gasteiger partial charge is 0.427 e. The molecule has 0 radical (unpaired) electrons. The second-order valence-corrected chi connectivity index (χ2v) is 15.5. The van der Waals surface area contributed by atoms with Crippen LogP contribution in [0.3, 0.4) is 0 Å². The molecule has 1 amide bonds. The molecule has 51 heavy (non-hydrogen) atoms. The molecule has 272 valence electrons. The number of quaternary nitrogens is 1. The van der Waals surface area contributed by atoms with Gasteiger partial charge in [-0.1, -0.05) is 80.9 Å². The molecule has 2 bridgehead atoms. The summed E-state index contributed by atoms with van der Waals surface area (Å²) in [6.07, 6.45) is 1.47. The van der Waals surface area contributed by atoms with E-state index in [-0.39, 0.29) is 29.4 Å². The van der Waals surface area contributed by atoms with E-state index in [0.717, 1.165) is 73.4 Å². The lowest BCUT2D eigenvalue weighted by atomic mass is 9.49. The number of nitrogens with one attached hydrogen (secondary N) is 1. The van der Waals surface area contributed by atoms with E-state index < -0.39 is 40.9 Å². The summed E-state index contributed by atoms with van der Waals surface area (Å²) in [4.78, 5) is 26.5. The van der Waals surface area contributed by atoms with Crippen LogP contribution in [-0.2, 0) is 30.2 Å². The van der Waals surface area contributed by atoms with Crippen LogP contribution in [0.2, 0.25) is 0 Å². The number of alkyl halides is 3. The van der Waals surface area contributed by atoms with Gasteiger partial charge in [0, 0.05) is 62.2 Å². The third kappa shape index (κ3) is 6.17. The predicted molar refractivity (Wildman–Crippen MR) is 187 cm³/mol. The maximum Gasteiger partial charge on any atom is 0.421 e. The number of halogens is 3. The quantitative estimate of drug-likeness (QED) is 0.122. The summed E-state index contributed by atoms with van der Waals surface area (Å²) < 4.78 is 63.5. The Bertz CT molecular complexity index is 1750. The molecule has 7 nitrogen and oxygen atoms in total. The van der Waals surface area contributed by atoms with Gasteiger partial charge in [0.25, 0.3) is 5.91 Å². The Morgan fingerprint density at radius 1 is 1.08 bits per heavy atom. The van der Waals surface area contributed by atoms with Gasteiger partial charge >= 0.3 is 12.1 Å². The van der Waals surface area contributed by atoms with Crippen LogP contribution in [0.4, 0.5) is 13.2 Å². The molecule has 3 aliphatic carbocycles. The summed E-state index contributed by atoms with van der Waals surface area (Å²) in [5.74, 6) is -0.958. The molecule has 5 aliphatic rings. The average Bonchev–Trinajstić information content (AvgIpc) is 3.43. The number of carbonyl (C=O) groups excluding carboxylic acids is 2. The normalized spacial score (nSPS) is 32.7. The Morgan fingerprint density at radius 2 is 1.78 bits per heavy atom. The van der Waals surface area contributed by atoms with Crippen molar-refractivity contribution in [3.63, 3.8) is 0 Å². The smallest absolute Gasteiger partial charge is 0.421 e. The summed E-state index contributed by atoms with van der Waals surface area (Å²) in [7, 11) is 1.35. The molecular formula is C41H48F3N2O5+. The number of amides is 1. The third-order valence-corrected chi connectivity index (χ3v) is 12.2. The molecular weight excluding hydrogens is 657 g/mol. The van der Waals surface area contributed by atoms with E-state index in [1.807, 2.05) is 6.07 Å². The minimum absolute atomic E-state index is 0.206. The lowest BCUT2D eigenvalue weighted by Gasteiger charge is -2.63. The number of hydrogen-bond acceptors (Lipinski definition) is 5. The van der Waals surface area contributed by atoms with Crippen molar-refractivity contribution in [2.75, 3.05) is 26.7 Å². The van der Waals surface area contributed by atoms with Crippen molar-refractivity contribution in [3.05, 3.63) is 100 Å². The van der Waals surface area contributed by atoms with Gasteiger partial charge in [0.2, 0.25) is 0 Å². The van der Waals surface area contributed by atoms with E-state index in [1.165, 1.54) is 37.8 Å². The number of allylic oxidation sites excluding steroid dienone is 1. The highest BCUT2D eigenvalue weighted by Gasteiger charge is 2.72. The van der Waals surface area contributed by atoms with Crippen molar-refractivity contribution in [1.82, 2.24) is 5.32 Å². The van der Waals surface area contributed by atoms with Gasteiger partial charge in [-0.25, -0.2) is 0 Å². The van der Waals surface area contributed by atoms with Gasteiger partial charge in [0.1, 0.15) is 17.4 Å². The first kappa shape index (κ1) is 35.7. The number of methoxy groups -OCH3 is 1. The first-order chi connectivity index (χ1) is 24.3. The van der Waals surface area contributed by atoms with Crippen LogP contribution in [0.15, 0.2) is 89.2 Å². The molecule has 1 N–H and O–H groups in total. The highest BCUT2D eigenvalue weighted by molar-refractivity contribution is 5.99. The molecule has 1 saturated carbocycles. The highest BCUT2D eigenvalue weighted by Crippen LogP contribution is 2.68. The molecule has 2 saturated heterocycles. The minimum atomic E-state index is -4.95. The lowest BCUT2D eigenvalue weighted by Crippen LogP contribution is -2.71. The number of ether oxygens (including phenoxy) is 3. The summed E-state index contributed by atoms with van der Waals surface area (Å²) in [5.41, 5.74) is -0.275. The zero-order valence-corrected chi connectivity index (χ0v) is 29.8. The summed E-state index contributed by atoms with van der Waals surface area (Å²) in [6.45, 7) is 8.80. The first-order valence-corrected chi connectivity index (χ1v) is 18.2. The summed E-state index contributed by atoms with van der Waals surface area (Å²) >= 11 is 0. The topological polar surface area (TPSA) is 73.9 Å². The number of likely N-dealkylation sites (tertiary alicyclic amines) is 1. The van der Waals surface area contributed by atoms with E-state index in [4.69, 9.17) is 14.2 Å². The molecule has 1 spiro atoms. The lowest BCUT2D eigenvalue weighted by molar-refractivity contribution is -0.965. The zero-order valence-electron chi connectivity index (χ0n) is 29.8. The maximum atomic E-state index is 14.5. The Balaban J connectivity index is 1.32. The van der Waals surface area contributed by atoms with E-state index >= 15 is 0 Å². The number of piperidine rings is 1. The molecule has 2 aromatic carbocycles. The van der Waals surface area contributed by atoms with Gasteiger partial charge in [-0.05, 0) is 35.6 Å². The Labute approximate surface area is 298 Å². The maximum absolute atomic E-state index is 14.5. The van der Waals surface area contributed by atoms with Gasteiger partial charge < -0.3 is 24.0 Å². The Morgan fingerprint density at radius 3 is 2.43 bits per heavy atom. The number of nitrogens with zero attached hydrogens (tertiary/aromatic N) is 1. The van der Waals surface area contributed by atoms with Gasteiger partial charge in [-0.15, -0.1) is 0 Å². The number of carbonyl (C=O) groups is 2. The van der Waals surface area contributed by atoms with Crippen LogP contribution < -0.4 is 5.32 Å². The monoisotopic (exact) mass is 705 g/mol. The van der Waals surface area contributed by atoms with Crippen LogP contribution in [0.1, 0.15) is 64.0 Å². The number of benzene rings is 2. The van der Waals surface area contributed by atoms with E-state index in [0.29, 0.717) is 12.3 Å². The SMILES string of the molecule is COC1(NC(=O)C(=Cc2ccccc2)C(F)(F)F)C=C(OC(C)=O)C2=C3C1O[C@H]1CCC[C@H]4[C@@H](C2)[N+](CCc2ccccc2)(CC(C)C)CC[C@]314. The standard InChI is InChI=1S/C41H47F3N2O5/c1-26(2)25-46(20-18-28-12-7-5-8-13-28)21-19-39-31-16-11-17-35(39)51-37-36(39)30(23-33(31)46)34(50-27(3)47)24-40(37,49-4)45-38(48)32(41(42,43)44)22-29-14-9-6-10-15-29/h5-10,12-15,22,24,26,31,33,35,37H,11,16-21,23,25H2,1-4H3/p+1/t31-,33+,35-,37?,39+,40?,46?/m0/s1. The van der Waals surface area contributed by atoms with Crippen LogP contribution in [0.25, 0.3) is 6.08 Å². The Kier molecular flexibility index (Phi) is 9.34. The van der Waals surface area contributed by atoms with Crippen LogP contribution in [-0.4, -0.2) is 73.3 Å². The molecule has 7 rings (SSSR count). The van der Waals surface area contributed by atoms with Gasteiger partial charge in [-0.3, -0.25) is 9.59 Å². The van der Waals surface area contributed by atoms with Crippen molar-refractivity contribution in [2.24, 2.45) is 17.3 Å². The predicted octanol–water partition coefficient (Wildman–Crippen LogP) is 7.29. The van der Waals surface area contributed by atoms with Gasteiger partial charge in [0.05, 0.1) is 31.8 Å². The zero-order chi connectivity index (χ0) is 36.2. The van der Waals surface area contributed by atoms with Crippen LogP contribution >= 0.6 is 0 Å². The fourth-order valence-corrected chi connectivity index (χ4v) is 10.4. The first-order valence-electron chi connectivity index (χ1n) is 18.2. The molecule has 3 unspecified atom stereocenters. The number of rotatable bonds is 10. The Hall–Kier alpha value is -3.73. The molecule has 3 fully saturated rings. The van der Waals surface area contributed by atoms with Gasteiger partial charge in [0.15, 0.2) is 5.72 Å². The van der Waals surface area contributed by atoms with Gasteiger partial charge in [-0.2, -0.15) is 13.2 Å². The van der Waals surface area contributed by atoms with Crippen molar-refractivity contribution in [3.8, 4) is 0 Å². The molecule has 10 heteroatoms. The fourth-order valence-electron chi connectivity index (χ4n) is 10.4. The van der Waals surface area contributed by atoms with Crippen molar-refractivity contribution in [1.29, 1.82) is 0 Å². The molecule has 2 heterocycles. The third-order valence-electron chi connectivity index (χ3n) is 12.2. The van der Waals surface area contributed by atoms with E-state index in [2.05, 4.69) is 43.4 Å². The van der Waals surface area contributed by atoms with Crippen LogP contribution in [0, 0.1) is 17.3 Å². The summed E-state index contributed by atoms with van der Waals surface area (Å²) in [5, 5.41) is 2.62. The average molecular weight is 706 g/mol. The van der Waals surface area contributed by atoms with Crippen molar-refractivity contribution in [2.45, 2.75) is 89.4 Å². The highest BCUT2D eigenvalue weighted by atomic mass is 19.4. The fraction of sp³-hybridized carbons (Fsp3) is 0.512. The second kappa shape index (κ2) is 13.4. The molecule has 2 aromatic rings. The second-order valence-electron chi connectivity index (χ2n) is 15.5. The number of hydrogen-bond donors (Lipinski definition) is 1. The van der Waals surface area contributed by atoms with Crippen molar-refractivity contribution >= 4 is 18.0 Å². The van der Waals surface area contributed by atoms with Crippen LogP contribution in [0.5, 0.6) is 0 Å². The van der Waals surface area contributed by atoms with E-state index in [1.54, 1.807) is 18.2 Å². The summed E-state index contributed by atoms with van der Waals surface area (Å²) in [6, 6.07) is 18.7. The minimum Gasteiger partial charge on any atom is -0.427 e. The van der Waals surface area contributed by atoms with Crippen molar-refractivity contribution < 1.29 is 41.5 Å². The number of esters is 1. The molecule has 2 aliphatic heterocycles. The van der Waals surface area contributed by atoms with E-state index in [9.17, 15) is 22.8 Å². The molecule has 7 atom stereocenters.